The number of nitrogens with two attached hydrogens (primary N) is 1. The monoisotopic (exact) mass is 420 g/mol. The number of nitrogens with zero attached hydrogens (tertiary/aromatic N) is 1. The number of nitrogens with one attached hydrogen (secondary N) is 4. The molecule has 0 spiro atoms. The maximum atomic E-state index is 12.5. The number of benzene rings is 2. The Hall–Kier alpha value is -3.23. The van der Waals surface area contributed by atoms with Gasteiger partial charge in [0.2, 0.25) is 11.8 Å². The molecule has 0 bridgehead atoms. The van der Waals surface area contributed by atoms with Gasteiger partial charge in [0.25, 0.3) is 0 Å². The van der Waals surface area contributed by atoms with Crippen molar-refractivity contribution in [1.29, 1.82) is 0 Å². The molecule has 2 amide bonds. The third-order valence-electron chi connectivity index (χ3n) is 5.60. The van der Waals surface area contributed by atoms with E-state index in [1.165, 1.54) is 11.1 Å². The summed E-state index contributed by atoms with van der Waals surface area (Å²) in [4.78, 5) is 32.0. The summed E-state index contributed by atoms with van der Waals surface area (Å²) < 4.78 is 0. The van der Waals surface area contributed by atoms with Gasteiger partial charge in [-0.05, 0) is 36.5 Å². The van der Waals surface area contributed by atoms with Crippen LogP contribution < -0.4 is 21.7 Å². The minimum atomic E-state index is -0.339. The normalized spacial score (nSPS) is 18.2. The van der Waals surface area contributed by atoms with Gasteiger partial charge in [-0.1, -0.05) is 42.5 Å². The lowest BCUT2D eigenvalue weighted by atomic mass is 10.0. The zero-order chi connectivity index (χ0) is 21.6. The fraction of sp³-hybridized carbons (Fsp3) is 0.348. The number of aryl methyl sites for hydroxylation is 2. The molecule has 31 heavy (non-hydrogen) atoms. The van der Waals surface area contributed by atoms with Crippen molar-refractivity contribution in [3.63, 3.8) is 0 Å². The number of hydrogen-bond donors (Lipinski definition) is 5. The number of aromatic amines is 1. The highest BCUT2D eigenvalue weighted by atomic mass is 16.2. The molecule has 0 unspecified atom stereocenters. The van der Waals surface area contributed by atoms with Crippen LogP contribution in [0, 0.1) is 0 Å². The van der Waals surface area contributed by atoms with Crippen LogP contribution in [-0.2, 0) is 29.0 Å². The summed E-state index contributed by atoms with van der Waals surface area (Å²) in [5.41, 5.74) is 9.73. The quantitative estimate of drug-likeness (QED) is 0.368. The van der Waals surface area contributed by atoms with Crippen LogP contribution in [0.2, 0.25) is 0 Å². The number of amides is 2. The van der Waals surface area contributed by atoms with Gasteiger partial charge in [0.1, 0.15) is 5.82 Å². The van der Waals surface area contributed by atoms with Crippen LogP contribution in [0.3, 0.4) is 0 Å². The Morgan fingerprint density at radius 3 is 2.74 bits per heavy atom. The van der Waals surface area contributed by atoms with E-state index in [-0.39, 0.29) is 30.4 Å². The zero-order valence-corrected chi connectivity index (χ0v) is 17.4. The lowest BCUT2D eigenvalue weighted by Gasteiger charge is -2.11. The van der Waals surface area contributed by atoms with E-state index in [4.69, 9.17) is 10.7 Å². The minimum Gasteiger partial charge on any atom is -0.351 e. The van der Waals surface area contributed by atoms with Crippen LogP contribution in [0.5, 0.6) is 0 Å². The number of aromatic nitrogens is 2. The van der Waals surface area contributed by atoms with E-state index in [0.29, 0.717) is 19.5 Å². The first-order valence-electron chi connectivity index (χ1n) is 10.6. The number of fused-ring (bicyclic) bond motifs is 1. The van der Waals surface area contributed by atoms with Crippen molar-refractivity contribution in [3.05, 3.63) is 65.5 Å². The molecule has 2 atom stereocenters. The van der Waals surface area contributed by atoms with E-state index in [1.807, 2.05) is 18.2 Å². The van der Waals surface area contributed by atoms with E-state index in [1.54, 1.807) is 0 Å². The molecule has 162 valence electrons. The molecular weight excluding hydrogens is 392 g/mol. The molecule has 8 heteroatoms. The summed E-state index contributed by atoms with van der Waals surface area (Å²) in [7, 11) is 0. The van der Waals surface area contributed by atoms with Gasteiger partial charge in [-0.3, -0.25) is 9.59 Å². The Kier molecular flexibility index (Phi) is 6.59. The topological polar surface area (TPSA) is 125 Å². The summed E-state index contributed by atoms with van der Waals surface area (Å²) in [5, 5.41) is 8.89. The fourth-order valence-electron chi connectivity index (χ4n) is 3.98. The van der Waals surface area contributed by atoms with Crippen molar-refractivity contribution in [1.82, 2.24) is 25.9 Å². The van der Waals surface area contributed by atoms with Crippen LogP contribution in [-0.4, -0.2) is 47.0 Å². The highest BCUT2D eigenvalue weighted by molar-refractivity contribution is 5.83. The third kappa shape index (κ3) is 5.28. The number of imidazole rings is 1. The van der Waals surface area contributed by atoms with Crippen LogP contribution in [0.1, 0.15) is 23.4 Å². The summed E-state index contributed by atoms with van der Waals surface area (Å²) in [5.74, 6) is 0.411. The molecule has 4 rings (SSSR count). The summed E-state index contributed by atoms with van der Waals surface area (Å²) >= 11 is 0. The van der Waals surface area contributed by atoms with E-state index < -0.39 is 0 Å². The number of para-hydroxylation sites is 1. The molecule has 1 aliphatic rings. The van der Waals surface area contributed by atoms with Crippen molar-refractivity contribution >= 4 is 22.8 Å². The number of H-pyrrole nitrogens is 1. The van der Waals surface area contributed by atoms with Gasteiger partial charge in [0.05, 0.1) is 30.2 Å². The molecular formula is C23H28N6O2. The maximum absolute atomic E-state index is 12.5. The molecule has 0 radical (unpaired) electrons. The standard InChI is InChI=1S/C23H28N6O2/c24-12-21(30)27-17-11-19(25-13-17)23(31)26-14-20-28-18-8-4-7-16(22(18)29-20)10-9-15-5-2-1-3-6-15/h1-8,17,19,25H,9-14,24H2,(H,26,31)(H,27,30)(H,28,29)/t17-,19+/m1/s1. The Bertz CT molecular complexity index is 1050. The molecule has 6 N–H and O–H groups in total. The lowest BCUT2D eigenvalue weighted by Crippen LogP contribution is -2.40. The largest absolute Gasteiger partial charge is 0.351 e. The second kappa shape index (κ2) is 9.72. The SMILES string of the molecule is NCC(=O)N[C@H]1CN[C@H](C(=O)NCc2nc3c(CCc4ccccc4)cccc3[nH]2)C1. The molecule has 1 fully saturated rings. The molecule has 1 aliphatic heterocycles. The van der Waals surface area contributed by atoms with E-state index in [0.717, 1.165) is 29.7 Å². The first-order valence-corrected chi connectivity index (χ1v) is 10.6. The molecule has 8 nitrogen and oxygen atoms in total. The highest BCUT2D eigenvalue weighted by Gasteiger charge is 2.30. The van der Waals surface area contributed by atoms with Gasteiger partial charge in [0, 0.05) is 12.6 Å². The molecule has 1 aromatic heterocycles. The third-order valence-corrected chi connectivity index (χ3v) is 5.60. The lowest BCUT2D eigenvalue weighted by molar-refractivity contribution is -0.123. The van der Waals surface area contributed by atoms with Crippen molar-refractivity contribution < 1.29 is 9.59 Å². The second-order valence-corrected chi connectivity index (χ2v) is 7.87. The molecule has 0 saturated carbocycles. The molecule has 2 heterocycles. The molecule has 3 aromatic rings. The maximum Gasteiger partial charge on any atom is 0.237 e. The number of hydrogen-bond acceptors (Lipinski definition) is 5. The molecule has 1 saturated heterocycles. The predicted octanol–water partition coefficient (Wildman–Crippen LogP) is 0.770. The van der Waals surface area contributed by atoms with Gasteiger partial charge in [-0.25, -0.2) is 4.98 Å². The van der Waals surface area contributed by atoms with Crippen LogP contribution in [0.25, 0.3) is 11.0 Å². The second-order valence-electron chi connectivity index (χ2n) is 7.87. The van der Waals surface area contributed by atoms with Crippen molar-refractivity contribution in [2.24, 2.45) is 5.73 Å². The first-order chi connectivity index (χ1) is 15.1. The Balaban J connectivity index is 1.34. The molecule has 0 aliphatic carbocycles. The number of rotatable bonds is 8. The van der Waals surface area contributed by atoms with Crippen LogP contribution in [0.15, 0.2) is 48.5 Å². The van der Waals surface area contributed by atoms with Gasteiger partial charge < -0.3 is 26.7 Å². The van der Waals surface area contributed by atoms with E-state index in [9.17, 15) is 9.59 Å². The zero-order valence-electron chi connectivity index (χ0n) is 17.4. The average Bonchev–Trinajstić information content (AvgIpc) is 3.43. The summed E-state index contributed by atoms with van der Waals surface area (Å²) in [6, 6.07) is 16.1. The van der Waals surface area contributed by atoms with Gasteiger partial charge in [-0.2, -0.15) is 0 Å². The highest BCUT2D eigenvalue weighted by Crippen LogP contribution is 2.19. The molecule has 2 aromatic carbocycles. The smallest absolute Gasteiger partial charge is 0.237 e. The van der Waals surface area contributed by atoms with Gasteiger partial charge >= 0.3 is 0 Å². The van der Waals surface area contributed by atoms with Gasteiger partial charge in [-0.15, -0.1) is 0 Å². The minimum absolute atomic E-state index is 0.0489. The van der Waals surface area contributed by atoms with Crippen molar-refractivity contribution in [3.8, 4) is 0 Å². The summed E-state index contributed by atoms with van der Waals surface area (Å²) in [6.45, 7) is 0.829. The number of carbonyl (C=O) groups is 2. The first kappa shape index (κ1) is 21.0. The van der Waals surface area contributed by atoms with E-state index >= 15 is 0 Å². The Morgan fingerprint density at radius 2 is 1.94 bits per heavy atom. The van der Waals surface area contributed by atoms with E-state index in [2.05, 4.69) is 51.3 Å². The van der Waals surface area contributed by atoms with Crippen LogP contribution >= 0.6 is 0 Å². The summed E-state index contributed by atoms with van der Waals surface area (Å²) in [6.07, 6.45) is 2.40. The average molecular weight is 421 g/mol. The Labute approximate surface area is 181 Å². The van der Waals surface area contributed by atoms with Gasteiger partial charge in [0.15, 0.2) is 0 Å². The number of carbonyl (C=O) groups excluding carboxylic acids is 2. The van der Waals surface area contributed by atoms with Crippen molar-refractivity contribution in [2.75, 3.05) is 13.1 Å². The Morgan fingerprint density at radius 1 is 1.10 bits per heavy atom. The van der Waals surface area contributed by atoms with Crippen molar-refractivity contribution in [2.45, 2.75) is 37.9 Å². The van der Waals surface area contributed by atoms with Crippen LogP contribution in [0.4, 0.5) is 0 Å². The predicted molar refractivity (Wildman–Crippen MR) is 119 cm³/mol. The fourth-order valence-corrected chi connectivity index (χ4v) is 3.98.